The lowest BCUT2D eigenvalue weighted by atomic mass is 9.90. The van der Waals surface area contributed by atoms with Crippen molar-refractivity contribution in [2.75, 3.05) is 6.61 Å². The van der Waals surface area contributed by atoms with E-state index in [1.54, 1.807) is 6.21 Å². The maximum absolute atomic E-state index is 12.6. The summed E-state index contributed by atoms with van der Waals surface area (Å²) in [6.07, 6.45) is 6.46. The number of nitrogens with zero attached hydrogens (tertiary/aromatic N) is 1. The molecule has 2 aliphatic rings. The lowest BCUT2D eigenvalue weighted by Crippen LogP contribution is -2.22. The highest BCUT2D eigenvalue weighted by Crippen LogP contribution is 2.66. The zero-order valence-corrected chi connectivity index (χ0v) is 22.1. The quantitative estimate of drug-likeness (QED) is 0.217. The number of hydrogen-bond acceptors (Lipinski definition) is 4. The summed E-state index contributed by atoms with van der Waals surface area (Å²) in [4.78, 5) is 12.6. The molecule has 7 heteroatoms. The molecule has 0 aromatic heterocycles. The van der Waals surface area contributed by atoms with Gasteiger partial charge in [0.15, 0.2) is 11.5 Å². The molecule has 0 unspecified atom stereocenters. The molecule has 32 heavy (non-hydrogen) atoms. The maximum atomic E-state index is 12.6. The average molecular weight is 611 g/mol. The Balaban J connectivity index is 1.41. The second-order valence-electron chi connectivity index (χ2n) is 8.75. The predicted molar refractivity (Wildman–Crippen MR) is 138 cm³/mol. The van der Waals surface area contributed by atoms with Crippen LogP contribution in [0.3, 0.4) is 0 Å². The van der Waals surface area contributed by atoms with Crippen molar-refractivity contribution in [3.05, 3.63) is 55.6 Å². The summed E-state index contributed by atoms with van der Waals surface area (Å²) in [5.41, 5.74) is 4.88. The summed E-state index contributed by atoms with van der Waals surface area (Å²) in [7, 11) is 0. The van der Waals surface area contributed by atoms with Gasteiger partial charge in [-0.1, -0.05) is 47.8 Å². The zero-order chi connectivity index (χ0) is 22.7. The van der Waals surface area contributed by atoms with E-state index in [0.717, 1.165) is 32.0 Å². The third kappa shape index (κ3) is 5.14. The Morgan fingerprint density at radius 2 is 2.06 bits per heavy atom. The molecule has 0 radical (unpaired) electrons. The Kier molecular flexibility index (Phi) is 7.44. The minimum atomic E-state index is 0.0461. The molecule has 0 aliphatic heterocycles. The topological polar surface area (TPSA) is 59.9 Å². The minimum Gasteiger partial charge on any atom is -0.490 e. The van der Waals surface area contributed by atoms with Crippen molar-refractivity contribution in [2.24, 2.45) is 22.4 Å². The molecule has 4 rings (SSSR count). The van der Waals surface area contributed by atoms with Gasteiger partial charge in [-0.2, -0.15) is 5.10 Å². The first-order valence-corrected chi connectivity index (χ1v) is 13.0. The van der Waals surface area contributed by atoms with Gasteiger partial charge in [0, 0.05) is 10.4 Å². The first-order chi connectivity index (χ1) is 15.4. The highest BCUT2D eigenvalue weighted by atomic mass is 127. The molecule has 2 aliphatic carbocycles. The van der Waals surface area contributed by atoms with Crippen LogP contribution in [0.25, 0.3) is 0 Å². The molecular weight excluding hydrogens is 583 g/mol. The van der Waals surface area contributed by atoms with Gasteiger partial charge in [0.2, 0.25) is 5.91 Å². The molecule has 3 atom stereocenters. The molecule has 1 N–H and O–H groups in total. The second kappa shape index (κ2) is 10.1. The van der Waals surface area contributed by atoms with E-state index in [4.69, 9.17) is 9.47 Å². The van der Waals surface area contributed by atoms with E-state index >= 15 is 0 Å². The van der Waals surface area contributed by atoms with Gasteiger partial charge in [0.25, 0.3) is 0 Å². The van der Waals surface area contributed by atoms with E-state index in [2.05, 4.69) is 56.0 Å². The first-order valence-electron chi connectivity index (χ1n) is 11.1. The monoisotopic (exact) mass is 610 g/mol. The highest BCUT2D eigenvalue weighted by Gasteiger charge is 2.64. The van der Waals surface area contributed by atoms with Gasteiger partial charge in [-0.25, -0.2) is 5.43 Å². The number of ether oxygens (including phenoxy) is 2. The first kappa shape index (κ1) is 23.5. The molecule has 2 aromatic carbocycles. The van der Waals surface area contributed by atoms with Crippen molar-refractivity contribution in [1.82, 2.24) is 5.43 Å². The van der Waals surface area contributed by atoms with Gasteiger partial charge in [0.1, 0.15) is 6.61 Å². The fraction of sp³-hybridized carbons (Fsp3) is 0.440. The smallest absolute Gasteiger partial charge is 0.244 e. The fourth-order valence-electron chi connectivity index (χ4n) is 4.89. The van der Waals surface area contributed by atoms with E-state index < -0.39 is 0 Å². The molecule has 0 spiro atoms. The van der Waals surface area contributed by atoms with Crippen molar-refractivity contribution >= 4 is 50.6 Å². The van der Waals surface area contributed by atoms with Crippen LogP contribution in [0, 0.1) is 20.8 Å². The van der Waals surface area contributed by atoms with Gasteiger partial charge in [-0.05, 0) is 89.1 Å². The number of fused-ring (bicyclic) bond motifs is 1. The highest BCUT2D eigenvalue weighted by molar-refractivity contribution is 14.1. The van der Waals surface area contributed by atoms with Gasteiger partial charge >= 0.3 is 0 Å². The van der Waals surface area contributed by atoms with Gasteiger partial charge in [-0.15, -0.1) is 0 Å². The summed E-state index contributed by atoms with van der Waals surface area (Å²) >= 11 is 5.70. The number of hydrazone groups is 1. The number of carbonyl (C=O) groups excluding carboxylic acids is 1. The van der Waals surface area contributed by atoms with Crippen molar-refractivity contribution < 1.29 is 14.3 Å². The number of benzene rings is 2. The van der Waals surface area contributed by atoms with Crippen LogP contribution in [-0.4, -0.2) is 18.7 Å². The Labute approximate surface area is 211 Å². The number of hydrogen-bond donors (Lipinski definition) is 1. The summed E-state index contributed by atoms with van der Waals surface area (Å²) < 4.78 is 13.9. The van der Waals surface area contributed by atoms with Crippen LogP contribution in [0.15, 0.2) is 46.0 Å². The number of nitrogens with one attached hydrogen (secondary N) is 1. The second-order valence-corrected chi connectivity index (χ2v) is 10.8. The number of rotatable bonds is 8. The van der Waals surface area contributed by atoms with Crippen LogP contribution in [0.4, 0.5) is 0 Å². The van der Waals surface area contributed by atoms with Crippen LogP contribution in [-0.2, 0) is 11.4 Å². The molecule has 2 fully saturated rings. The molecule has 5 nitrogen and oxygen atoms in total. The Hall–Kier alpha value is -1.61. The lowest BCUT2D eigenvalue weighted by molar-refractivity contribution is -0.123. The molecule has 0 heterocycles. The van der Waals surface area contributed by atoms with E-state index in [-0.39, 0.29) is 17.2 Å². The van der Waals surface area contributed by atoms with Crippen molar-refractivity contribution in [2.45, 2.75) is 46.1 Å². The molecule has 170 valence electrons. The molecule has 0 bridgehead atoms. The van der Waals surface area contributed by atoms with Crippen LogP contribution in [0.5, 0.6) is 11.5 Å². The fourth-order valence-corrected chi connectivity index (χ4v) is 5.94. The SMILES string of the molecule is CCOc1cc(/C=N\NC(=O)[C@@H]2[C@@H]3CCCC[C@]23C)cc(I)c1OCc1ccc(Br)cc1. The van der Waals surface area contributed by atoms with Gasteiger partial charge < -0.3 is 9.47 Å². The van der Waals surface area contributed by atoms with E-state index in [9.17, 15) is 4.79 Å². The Bertz CT molecular complexity index is 1010. The maximum Gasteiger partial charge on any atom is 0.244 e. The number of amides is 1. The summed E-state index contributed by atoms with van der Waals surface area (Å²) in [5.74, 6) is 2.07. The van der Waals surface area contributed by atoms with Crippen molar-refractivity contribution in [3.63, 3.8) is 0 Å². The lowest BCUT2D eigenvalue weighted by Gasteiger charge is -2.15. The van der Waals surface area contributed by atoms with Crippen molar-refractivity contribution in [1.29, 1.82) is 0 Å². The van der Waals surface area contributed by atoms with Crippen LogP contribution >= 0.6 is 38.5 Å². The standard InChI is InChI=1S/C25H28BrIN2O3/c1-3-31-21-13-17(12-20(27)23(21)32-15-16-7-9-18(26)10-8-16)14-28-29-24(30)22-19-6-4-5-11-25(19,22)2/h7-10,12-14,19,22H,3-6,11,15H2,1-2H3,(H,29,30)/b28-14-/t19-,22-,25-/m0/s1. The molecule has 1 amide bonds. The van der Waals surface area contributed by atoms with Crippen LogP contribution in [0.2, 0.25) is 0 Å². The van der Waals surface area contributed by atoms with Crippen molar-refractivity contribution in [3.8, 4) is 11.5 Å². The van der Waals surface area contributed by atoms with E-state index in [0.29, 0.717) is 30.6 Å². The third-order valence-electron chi connectivity index (χ3n) is 6.63. The zero-order valence-electron chi connectivity index (χ0n) is 18.4. The summed E-state index contributed by atoms with van der Waals surface area (Å²) in [5, 5.41) is 4.24. The van der Waals surface area contributed by atoms with Crippen LogP contribution in [0.1, 0.15) is 50.7 Å². The largest absolute Gasteiger partial charge is 0.490 e. The normalized spacial score (nSPS) is 24.1. The minimum absolute atomic E-state index is 0.0461. The Morgan fingerprint density at radius 1 is 1.28 bits per heavy atom. The predicted octanol–water partition coefficient (Wildman–Crippen LogP) is 6.31. The molecular formula is C25H28BrIN2O3. The summed E-state index contributed by atoms with van der Waals surface area (Å²) in [6.45, 7) is 5.18. The van der Waals surface area contributed by atoms with E-state index in [1.807, 2.05) is 43.3 Å². The number of carbonyl (C=O) groups is 1. The van der Waals surface area contributed by atoms with Crippen LogP contribution < -0.4 is 14.9 Å². The van der Waals surface area contributed by atoms with Gasteiger partial charge in [-0.3, -0.25) is 4.79 Å². The number of halogens is 2. The molecule has 2 saturated carbocycles. The summed E-state index contributed by atoms with van der Waals surface area (Å²) in [6, 6.07) is 11.9. The molecule has 0 saturated heterocycles. The van der Waals surface area contributed by atoms with E-state index in [1.165, 1.54) is 12.8 Å². The molecule has 2 aromatic rings. The van der Waals surface area contributed by atoms with Gasteiger partial charge in [0.05, 0.1) is 16.4 Å². The third-order valence-corrected chi connectivity index (χ3v) is 7.96. The average Bonchev–Trinajstić information content (AvgIpc) is 3.40. The Morgan fingerprint density at radius 3 is 2.75 bits per heavy atom.